The number of aromatic amines is 1. The van der Waals surface area contributed by atoms with E-state index in [4.69, 9.17) is 33.2 Å². The number of nitrogens with one attached hydrogen (secondary N) is 2. The molecule has 7 aromatic rings. The molecule has 67 heavy (non-hydrogen) atoms. The highest BCUT2D eigenvalue weighted by Crippen LogP contribution is 2.47. The van der Waals surface area contributed by atoms with Crippen LogP contribution in [0.15, 0.2) is 186 Å². The molecule has 0 aliphatic carbocycles. The highest BCUT2D eigenvalue weighted by Gasteiger charge is 2.54. The fraction of sp³-hybridized carbons (Fsp3) is 0.208. The summed E-state index contributed by atoms with van der Waals surface area (Å²) >= 11 is 0. The van der Waals surface area contributed by atoms with E-state index in [1.807, 2.05) is 164 Å². The lowest BCUT2D eigenvalue weighted by Gasteiger charge is -2.41. The number of carbonyl (C=O) groups is 2. The van der Waals surface area contributed by atoms with Crippen LogP contribution >= 0.6 is 0 Å². The number of carbonyl (C=O) groups excluding carboxylic acids is 2. The lowest BCUT2D eigenvalue weighted by atomic mass is 9.79. The van der Waals surface area contributed by atoms with E-state index in [-0.39, 0.29) is 6.61 Å². The predicted molar refractivity (Wildman–Crippen MR) is 248 cm³/mol. The Hall–Kier alpha value is -7.78. The molecule has 0 radical (unpaired) electrons. The van der Waals surface area contributed by atoms with Crippen molar-refractivity contribution in [2.75, 3.05) is 35.0 Å². The van der Waals surface area contributed by atoms with E-state index < -0.39 is 58.8 Å². The lowest BCUT2D eigenvalue weighted by molar-refractivity contribution is -0.154. The second-order valence-corrected chi connectivity index (χ2v) is 15.6. The van der Waals surface area contributed by atoms with Crippen LogP contribution in [0.4, 0.5) is 0 Å². The topological polar surface area (TPSA) is 166 Å². The summed E-state index contributed by atoms with van der Waals surface area (Å²) in [5.41, 5.74) is -0.0321. The number of ether oxygens (including phenoxy) is 7. The molecule has 2 N–H and O–H groups in total. The van der Waals surface area contributed by atoms with Gasteiger partial charge in [0, 0.05) is 12.3 Å². The summed E-state index contributed by atoms with van der Waals surface area (Å²) in [4.78, 5) is 55.3. The Balaban J connectivity index is 1.37. The molecule has 8 rings (SSSR count). The molecule has 342 valence electrons. The number of nitrogens with zero attached hydrogens (tertiary/aromatic N) is 1. The predicted octanol–water partition coefficient (Wildman–Crippen LogP) is 6.50. The summed E-state index contributed by atoms with van der Waals surface area (Å²) in [5.74, 6) is -0.463. The van der Waals surface area contributed by atoms with Crippen LogP contribution in [0.2, 0.25) is 0 Å². The van der Waals surface area contributed by atoms with E-state index in [1.165, 1.54) is 6.20 Å². The van der Waals surface area contributed by atoms with Gasteiger partial charge in [-0.3, -0.25) is 19.1 Å². The Morgan fingerprint density at radius 1 is 0.582 bits per heavy atom. The molecule has 1 aliphatic heterocycles. The number of amides is 1. The number of hydrogen-bond donors (Lipinski definition) is 2. The fourth-order valence-corrected chi connectivity index (χ4v) is 8.70. The normalized spacial score (nSPS) is 17.0. The Morgan fingerprint density at radius 2 is 1.00 bits per heavy atom. The number of benzene rings is 6. The third-order valence-corrected chi connectivity index (χ3v) is 11.9. The summed E-state index contributed by atoms with van der Waals surface area (Å²) in [6, 6.07) is 51.0. The molecule has 1 aromatic heterocycles. The van der Waals surface area contributed by atoms with Crippen LogP contribution in [0.3, 0.4) is 0 Å². The molecule has 14 nitrogen and oxygen atoms in total. The van der Waals surface area contributed by atoms with Crippen LogP contribution in [0, 0.1) is 0 Å². The zero-order valence-electron chi connectivity index (χ0n) is 37.2. The molecule has 0 bridgehead atoms. The number of rotatable bonds is 16. The van der Waals surface area contributed by atoms with Gasteiger partial charge in [-0.05, 0) is 69.8 Å². The van der Waals surface area contributed by atoms with Gasteiger partial charge in [0.05, 0.1) is 35.0 Å². The van der Waals surface area contributed by atoms with Crippen LogP contribution in [0.25, 0.3) is 0 Å². The van der Waals surface area contributed by atoms with Crippen molar-refractivity contribution in [1.29, 1.82) is 0 Å². The van der Waals surface area contributed by atoms with Gasteiger partial charge >= 0.3 is 17.6 Å². The smallest absolute Gasteiger partial charge is 0.396 e. The third kappa shape index (κ3) is 9.10. The van der Waals surface area contributed by atoms with Gasteiger partial charge in [0.1, 0.15) is 46.7 Å². The molecule has 4 atom stereocenters. The van der Waals surface area contributed by atoms with Crippen LogP contribution < -0.4 is 30.8 Å². The fourth-order valence-electron chi connectivity index (χ4n) is 8.70. The summed E-state index contributed by atoms with van der Waals surface area (Å²) in [7, 11) is 5.85. The van der Waals surface area contributed by atoms with Gasteiger partial charge in [-0.25, -0.2) is 9.59 Å². The van der Waals surface area contributed by atoms with E-state index in [0.717, 1.165) is 34.4 Å². The Bertz CT molecular complexity index is 2790. The maximum Gasteiger partial charge on any atom is 0.396 e. The zero-order chi connectivity index (χ0) is 47.0. The molecule has 1 aliphatic rings. The average Bonchev–Trinajstić information content (AvgIpc) is 3.71. The quantitative estimate of drug-likeness (QED) is 0.0618. The first-order chi connectivity index (χ1) is 32.6. The van der Waals surface area contributed by atoms with E-state index in [1.54, 1.807) is 21.3 Å². The van der Waals surface area contributed by atoms with E-state index in [2.05, 4.69) is 10.3 Å². The highest BCUT2D eigenvalue weighted by atomic mass is 16.6. The van der Waals surface area contributed by atoms with E-state index in [0.29, 0.717) is 33.9 Å². The minimum Gasteiger partial charge on any atom is -0.497 e. The van der Waals surface area contributed by atoms with Gasteiger partial charge in [0.2, 0.25) is 0 Å². The third-order valence-electron chi connectivity index (χ3n) is 11.9. The number of methoxy groups -OCH3 is 4. The lowest BCUT2D eigenvalue weighted by Crippen LogP contribution is -2.54. The van der Waals surface area contributed by atoms with Crippen LogP contribution in [-0.4, -0.2) is 74.7 Å². The zero-order valence-corrected chi connectivity index (χ0v) is 37.2. The first-order valence-corrected chi connectivity index (χ1v) is 21.4. The SMILES string of the molecule is COC(=O)C(=O)N[C@@H]1[C@H](OC(c2ccccc2)(c2ccccc2)c2ccc(OC)cc2)[C@@H](COC(c2ccccc2)(c2ccc(OC)cc2)c2ccc(OC)cc2)O[C@H]1n1ccc(=O)[nH]c1=O. The maximum atomic E-state index is 13.8. The number of esters is 1. The van der Waals surface area contributed by atoms with Crippen LogP contribution in [0.1, 0.15) is 39.6 Å². The molecule has 0 saturated carbocycles. The molecular weight excluding hydrogens is 855 g/mol. The van der Waals surface area contributed by atoms with Gasteiger partial charge in [-0.15, -0.1) is 0 Å². The van der Waals surface area contributed by atoms with Gasteiger partial charge in [0.15, 0.2) is 6.23 Å². The van der Waals surface area contributed by atoms with Gasteiger partial charge in [-0.2, -0.15) is 0 Å². The van der Waals surface area contributed by atoms with Crippen molar-refractivity contribution in [3.8, 4) is 17.2 Å². The second-order valence-electron chi connectivity index (χ2n) is 15.6. The number of hydrogen-bond acceptors (Lipinski definition) is 11. The van der Waals surface area contributed by atoms with Crippen molar-refractivity contribution >= 4 is 11.9 Å². The van der Waals surface area contributed by atoms with Crippen LogP contribution in [-0.2, 0) is 39.7 Å². The molecule has 0 unspecified atom stereocenters. The van der Waals surface area contributed by atoms with Crippen molar-refractivity contribution in [1.82, 2.24) is 14.9 Å². The van der Waals surface area contributed by atoms with Gasteiger partial charge in [-0.1, -0.05) is 127 Å². The molecule has 1 fully saturated rings. The Morgan fingerprint density at radius 3 is 1.42 bits per heavy atom. The van der Waals surface area contributed by atoms with E-state index in [9.17, 15) is 19.2 Å². The minimum absolute atomic E-state index is 0.251. The van der Waals surface area contributed by atoms with Crippen molar-refractivity contribution in [2.24, 2.45) is 0 Å². The summed E-state index contributed by atoms with van der Waals surface area (Å²) < 4.78 is 44.8. The van der Waals surface area contributed by atoms with Crippen molar-refractivity contribution < 1.29 is 42.7 Å². The monoisotopic (exact) mass is 903 g/mol. The maximum absolute atomic E-state index is 13.8. The van der Waals surface area contributed by atoms with Crippen molar-refractivity contribution in [3.05, 3.63) is 230 Å². The molecular formula is C53H49N3O11. The van der Waals surface area contributed by atoms with Crippen molar-refractivity contribution in [3.63, 3.8) is 0 Å². The first kappa shape index (κ1) is 45.8. The Kier molecular flexibility index (Phi) is 13.8. The molecule has 1 saturated heterocycles. The second kappa shape index (κ2) is 20.2. The average molecular weight is 904 g/mol. The minimum atomic E-state index is -1.47. The summed E-state index contributed by atoms with van der Waals surface area (Å²) in [6.45, 7) is -0.251. The van der Waals surface area contributed by atoms with Crippen LogP contribution in [0.5, 0.6) is 17.2 Å². The Labute approximate surface area is 386 Å². The summed E-state index contributed by atoms with van der Waals surface area (Å²) in [6.07, 6.45) is -2.52. The molecule has 14 heteroatoms. The standard InChI is InChI=1S/C53H49N3O11/c1-61-41-26-20-38(21-27-41)52(35-14-8-5-9-15-35,39-22-28-42(62-2)29-23-39)65-34-44-47(46(55-48(58)50(59)64-4)49(66-44)56-33-32-45(57)54-51(56)60)67-53(36-16-10-6-11-17-36,37-18-12-7-13-19-37)40-24-30-43(63-3)31-25-40/h5-33,44,46-47,49H,34H2,1-4H3,(H,55,58)(H,54,57,60)/t44-,46-,47-,49-/m1/s1. The molecule has 2 heterocycles. The molecule has 6 aromatic carbocycles. The molecule has 0 spiro atoms. The largest absolute Gasteiger partial charge is 0.497 e. The molecule has 1 amide bonds. The van der Waals surface area contributed by atoms with E-state index >= 15 is 0 Å². The first-order valence-electron chi connectivity index (χ1n) is 21.4. The highest BCUT2D eigenvalue weighted by molar-refractivity contribution is 6.32. The number of aromatic nitrogens is 2. The van der Waals surface area contributed by atoms with Gasteiger partial charge in [0.25, 0.3) is 5.56 Å². The van der Waals surface area contributed by atoms with Gasteiger partial charge < -0.3 is 38.5 Å². The van der Waals surface area contributed by atoms with Crippen molar-refractivity contribution in [2.45, 2.75) is 35.7 Å². The summed E-state index contributed by atoms with van der Waals surface area (Å²) in [5, 5.41) is 2.79. The number of H-pyrrole nitrogens is 1.